The van der Waals surface area contributed by atoms with Crippen molar-refractivity contribution >= 4 is 17.7 Å². The third-order valence-corrected chi connectivity index (χ3v) is 2.05. The predicted molar refractivity (Wildman–Crippen MR) is 70.0 cm³/mol. The van der Waals surface area contributed by atoms with Crippen LogP contribution in [0.4, 0.5) is 5.69 Å². The number of benzene rings is 1. The number of nitro groups is 1. The van der Waals surface area contributed by atoms with Crippen molar-refractivity contribution in [2.24, 2.45) is 0 Å². The highest BCUT2D eigenvalue weighted by Gasteiger charge is 2.13. The van der Waals surface area contributed by atoms with E-state index in [4.69, 9.17) is 0 Å². The fourth-order valence-corrected chi connectivity index (χ4v) is 1.37. The summed E-state index contributed by atoms with van der Waals surface area (Å²) in [6, 6.07) is 6.28. The van der Waals surface area contributed by atoms with Gasteiger partial charge in [0.15, 0.2) is 0 Å². The van der Waals surface area contributed by atoms with Crippen LogP contribution in [-0.4, -0.2) is 16.4 Å². The largest absolute Gasteiger partial charge is 0.348 e. The summed E-state index contributed by atoms with van der Waals surface area (Å²) < 4.78 is 0. The van der Waals surface area contributed by atoms with E-state index in [0.717, 1.165) is 0 Å². The first-order valence-corrected chi connectivity index (χ1v) is 5.53. The molecule has 1 N–H and O–H groups in total. The monoisotopic (exact) mass is 248 g/mol. The summed E-state index contributed by atoms with van der Waals surface area (Å²) in [6.45, 7) is 5.59. The summed E-state index contributed by atoms with van der Waals surface area (Å²) in [6.07, 6.45) is 2.74. The Balaban J connectivity index is 2.85. The van der Waals surface area contributed by atoms with Crippen LogP contribution in [0.5, 0.6) is 0 Å². The average Bonchev–Trinajstić information content (AvgIpc) is 2.24. The number of para-hydroxylation sites is 1. The molecule has 1 rings (SSSR count). The molecule has 0 radical (unpaired) electrons. The fraction of sp³-hybridized carbons (Fsp3) is 0.308. The molecule has 5 nitrogen and oxygen atoms in total. The van der Waals surface area contributed by atoms with Gasteiger partial charge < -0.3 is 5.32 Å². The summed E-state index contributed by atoms with van der Waals surface area (Å²) in [5.41, 5.74) is 0.0631. The number of rotatable bonds is 3. The van der Waals surface area contributed by atoms with Gasteiger partial charge in [0.25, 0.3) is 5.69 Å². The van der Waals surface area contributed by atoms with Crippen molar-refractivity contribution in [3.8, 4) is 0 Å². The average molecular weight is 248 g/mol. The van der Waals surface area contributed by atoms with E-state index in [1.54, 1.807) is 18.2 Å². The molecule has 1 amide bonds. The van der Waals surface area contributed by atoms with Gasteiger partial charge in [0.05, 0.1) is 10.5 Å². The van der Waals surface area contributed by atoms with E-state index >= 15 is 0 Å². The summed E-state index contributed by atoms with van der Waals surface area (Å²) in [4.78, 5) is 21.8. The van der Waals surface area contributed by atoms with Gasteiger partial charge in [0.1, 0.15) is 0 Å². The van der Waals surface area contributed by atoms with E-state index < -0.39 is 4.92 Å². The Morgan fingerprint density at radius 3 is 2.50 bits per heavy atom. The normalized spacial score (nSPS) is 11.5. The Kier molecular flexibility index (Phi) is 4.20. The van der Waals surface area contributed by atoms with E-state index in [9.17, 15) is 14.9 Å². The molecule has 0 aromatic heterocycles. The molecule has 0 fully saturated rings. The van der Waals surface area contributed by atoms with Gasteiger partial charge in [-0.1, -0.05) is 12.1 Å². The molecular formula is C13H16N2O3. The first-order valence-electron chi connectivity index (χ1n) is 5.53. The molecule has 0 aliphatic heterocycles. The Morgan fingerprint density at radius 2 is 1.94 bits per heavy atom. The summed E-state index contributed by atoms with van der Waals surface area (Å²) >= 11 is 0. The number of carbonyl (C=O) groups is 1. The smallest absolute Gasteiger partial charge is 0.276 e. The lowest BCUT2D eigenvalue weighted by Crippen LogP contribution is -2.39. The molecule has 0 bridgehead atoms. The summed E-state index contributed by atoms with van der Waals surface area (Å²) in [5, 5.41) is 13.5. The highest BCUT2D eigenvalue weighted by atomic mass is 16.6. The molecule has 0 saturated heterocycles. The third kappa shape index (κ3) is 4.37. The minimum Gasteiger partial charge on any atom is -0.348 e. The predicted octanol–water partition coefficient (Wildman–Crippen LogP) is 2.52. The van der Waals surface area contributed by atoms with Crippen LogP contribution in [0.3, 0.4) is 0 Å². The van der Waals surface area contributed by atoms with Gasteiger partial charge in [-0.25, -0.2) is 0 Å². The Hall–Kier alpha value is -2.17. The first kappa shape index (κ1) is 13.9. The number of hydrogen-bond donors (Lipinski definition) is 1. The van der Waals surface area contributed by atoms with E-state index in [1.165, 1.54) is 18.2 Å². The molecule has 1 aromatic rings. The van der Waals surface area contributed by atoms with Gasteiger partial charge in [-0.15, -0.1) is 0 Å². The summed E-state index contributed by atoms with van der Waals surface area (Å²) in [5.74, 6) is -0.277. The number of nitrogens with one attached hydrogen (secondary N) is 1. The molecular weight excluding hydrogens is 232 g/mol. The molecule has 0 aliphatic rings. The van der Waals surface area contributed by atoms with Crippen molar-refractivity contribution in [1.82, 2.24) is 5.32 Å². The van der Waals surface area contributed by atoms with Crippen LogP contribution in [0.25, 0.3) is 6.08 Å². The van der Waals surface area contributed by atoms with Crippen molar-refractivity contribution in [2.75, 3.05) is 0 Å². The van der Waals surface area contributed by atoms with Gasteiger partial charge in [0, 0.05) is 17.7 Å². The van der Waals surface area contributed by atoms with Gasteiger partial charge in [-0.2, -0.15) is 0 Å². The number of nitro benzene ring substituents is 1. The number of carbonyl (C=O) groups excluding carboxylic acids is 1. The van der Waals surface area contributed by atoms with Crippen molar-refractivity contribution in [3.05, 3.63) is 46.0 Å². The quantitative estimate of drug-likeness (QED) is 0.507. The van der Waals surface area contributed by atoms with Crippen LogP contribution in [0.1, 0.15) is 26.3 Å². The Morgan fingerprint density at radius 1 is 1.33 bits per heavy atom. The third-order valence-electron chi connectivity index (χ3n) is 2.05. The summed E-state index contributed by atoms with van der Waals surface area (Å²) in [7, 11) is 0. The molecule has 0 aliphatic carbocycles. The molecule has 0 heterocycles. The maximum atomic E-state index is 11.5. The minimum atomic E-state index is -0.471. The van der Waals surface area contributed by atoms with Gasteiger partial charge in [-0.05, 0) is 32.9 Å². The van der Waals surface area contributed by atoms with E-state index in [1.807, 2.05) is 20.8 Å². The minimum absolute atomic E-state index is 0.0164. The molecule has 0 unspecified atom stereocenters. The zero-order chi connectivity index (χ0) is 13.8. The van der Waals surface area contributed by atoms with Crippen LogP contribution in [0.15, 0.2) is 30.3 Å². The van der Waals surface area contributed by atoms with Crippen molar-refractivity contribution in [3.63, 3.8) is 0 Å². The van der Waals surface area contributed by atoms with E-state index in [-0.39, 0.29) is 17.1 Å². The fourth-order valence-electron chi connectivity index (χ4n) is 1.37. The van der Waals surface area contributed by atoms with Crippen LogP contribution < -0.4 is 5.32 Å². The second-order valence-electron chi connectivity index (χ2n) is 4.89. The number of amides is 1. The lowest BCUT2D eigenvalue weighted by Gasteiger charge is -2.18. The highest BCUT2D eigenvalue weighted by Crippen LogP contribution is 2.18. The van der Waals surface area contributed by atoms with Crippen molar-refractivity contribution in [2.45, 2.75) is 26.3 Å². The molecule has 18 heavy (non-hydrogen) atoms. The first-order chi connectivity index (χ1) is 8.29. The molecule has 0 spiro atoms. The van der Waals surface area contributed by atoms with Crippen LogP contribution in [0.2, 0.25) is 0 Å². The van der Waals surface area contributed by atoms with Crippen molar-refractivity contribution < 1.29 is 9.72 Å². The van der Waals surface area contributed by atoms with Gasteiger partial charge in [0.2, 0.25) is 5.91 Å². The Bertz CT molecular complexity index is 487. The Labute approximate surface area is 106 Å². The highest BCUT2D eigenvalue weighted by molar-refractivity contribution is 5.92. The van der Waals surface area contributed by atoms with E-state index in [0.29, 0.717) is 5.56 Å². The van der Waals surface area contributed by atoms with Crippen LogP contribution >= 0.6 is 0 Å². The topological polar surface area (TPSA) is 72.2 Å². The molecule has 96 valence electrons. The lowest BCUT2D eigenvalue weighted by atomic mass is 10.1. The second-order valence-corrected chi connectivity index (χ2v) is 4.89. The standard InChI is InChI=1S/C13H16N2O3/c1-13(2,3)14-12(16)9-8-10-6-4-5-7-11(10)15(17)18/h4-9H,1-3H3,(H,14,16). The van der Waals surface area contributed by atoms with E-state index in [2.05, 4.69) is 5.32 Å². The zero-order valence-electron chi connectivity index (χ0n) is 10.6. The second kappa shape index (κ2) is 5.44. The number of nitrogens with zero attached hydrogens (tertiary/aromatic N) is 1. The SMILES string of the molecule is CC(C)(C)NC(=O)C=Cc1ccccc1[N+](=O)[O-]. The maximum absolute atomic E-state index is 11.5. The molecule has 5 heteroatoms. The maximum Gasteiger partial charge on any atom is 0.276 e. The molecule has 0 saturated carbocycles. The van der Waals surface area contributed by atoms with Crippen LogP contribution in [-0.2, 0) is 4.79 Å². The van der Waals surface area contributed by atoms with Gasteiger partial charge in [-0.3, -0.25) is 14.9 Å². The number of hydrogen-bond acceptors (Lipinski definition) is 3. The molecule has 0 atom stereocenters. The van der Waals surface area contributed by atoms with Gasteiger partial charge >= 0.3 is 0 Å². The molecule has 1 aromatic carbocycles. The van der Waals surface area contributed by atoms with Crippen LogP contribution in [0, 0.1) is 10.1 Å². The van der Waals surface area contributed by atoms with Crippen molar-refractivity contribution in [1.29, 1.82) is 0 Å². The lowest BCUT2D eigenvalue weighted by molar-refractivity contribution is -0.385. The zero-order valence-corrected chi connectivity index (χ0v) is 10.6.